The molecule has 0 radical (unpaired) electrons. The Hall–Kier alpha value is -2.78. The molecule has 2 aromatic rings. The van der Waals surface area contributed by atoms with Gasteiger partial charge in [-0.1, -0.05) is 18.2 Å². The number of nitrogens with zero attached hydrogens (tertiary/aromatic N) is 1. The predicted molar refractivity (Wildman–Crippen MR) is 112 cm³/mol. The number of benzene rings is 1. The number of halogens is 1. The number of carbonyl (C=O) groups excluding carboxylic acids is 3. The van der Waals surface area contributed by atoms with E-state index in [0.29, 0.717) is 11.1 Å². The smallest absolute Gasteiger partial charge is 0.348 e. The maximum absolute atomic E-state index is 13.8. The summed E-state index contributed by atoms with van der Waals surface area (Å²) >= 11 is 0.964. The summed E-state index contributed by atoms with van der Waals surface area (Å²) in [6.07, 6.45) is 0. The van der Waals surface area contributed by atoms with E-state index >= 15 is 0 Å². The summed E-state index contributed by atoms with van der Waals surface area (Å²) in [4.78, 5) is 39.0. The average Bonchev–Trinajstić information content (AvgIpc) is 2.99. The summed E-state index contributed by atoms with van der Waals surface area (Å²) in [7, 11) is 1.68. The molecule has 1 amide bonds. The molecule has 0 bridgehead atoms. The quantitative estimate of drug-likeness (QED) is 0.605. The number of ether oxygens (including phenoxy) is 2. The average molecular weight is 437 g/mol. The van der Waals surface area contributed by atoms with E-state index in [-0.39, 0.29) is 47.6 Å². The summed E-state index contributed by atoms with van der Waals surface area (Å²) in [6, 6.07) is 6.34. The summed E-state index contributed by atoms with van der Waals surface area (Å²) in [5.41, 5.74) is 0.999. The highest BCUT2D eigenvalue weighted by Gasteiger charge is 2.27. The van der Waals surface area contributed by atoms with E-state index in [1.54, 1.807) is 50.9 Å². The van der Waals surface area contributed by atoms with Gasteiger partial charge >= 0.3 is 11.9 Å². The third-order valence-corrected chi connectivity index (χ3v) is 5.34. The Balaban J connectivity index is 2.17. The summed E-state index contributed by atoms with van der Waals surface area (Å²) in [5, 5.41) is 2.90. The molecule has 1 heterocycles. The Morgan fingerprint density at radius 2 is 1.73 bits per heavy atom. The van der Waals surface area contributed by atoms with E-state index in [1.165, 1.54) is 6.07 Å². The molecular weight excluding hydrogens is 411 g/mol. The molecule has 1 aromatic heterocycles. The Kier molecular flexibility index (Phi) is 8.49. The minimum atomic E-state index is -0.628. The minimum Gasteiger partial charge on any atom is -0.462 e. The highest BCUT2D eigenvalue weighted by atomic mass is 32.1. The zero-order valence-corrected chi connectivity index (χ0v) is 18.2. The van der Waals surface area contributed by atoms with Gasteiger partial charge in [-0.3, -0.25) is 9.69 Å². The molecule has 0 aliphatic rings. The molecule has 0 fully saturated rings. The third kappa shape index (κ3) is 5.87. The molecule has 0 aliphatic carbocycles. The molecule has 9 heteroatoms. The molecule has 30 heavy (non-hydrogen) atoms. The molecule has 0 atom stereocenters. The van der Waals surface area contributed by atoms with Crippen molar-refractivity contribution in [3.8, 4) is 0 Å². The lowest BCUT2D eigenvalue weighted by molar-refractivity contribution is -0.117. The standard InChI is InChI=1S/C21H25FN2O5S/c1-5-28-20(26)17-13(3)18(21(27)29-6-2)30-19(17)23-16(25)12-24(4)11-14-9-7-8-10-15(14)22/h7-10H,5-6,11-12H2,1-4H3,(H,23,25). The van der Waals surface area contributed by atoms with Crippen molar-refractivity contribution in [1.29, 1.82) is 0 Å². The Morgan fingerprint density at radius 1 is 1.10 bits per heavy atom. The van der Waals surface area contributed by atoms with Gasteiger partial charge in [0, 0.05) is 12.1 Å². The van der Waals surface area contributed by atoms with Crippen LogP contribution in [0.3, 0.4) is 0 Å². The number of anilines is 1. The molecule has 1 N–H and O–H groups in total. The number of esters is 2. The van der Waals surface area contributed by atoms with E-state index in [4.69, 9.17) is 9.47 Å². The number of carbonyl (C=O) groups is 3. The molecule has 0 saturated carbocycles. The van der Waals surface area contributed by atoms with Gasteiger partial charge in [0.1, 0.15) is 15.7 Å². The molecule has 0 unspecified atom stereocenters. The van der Waals surface area contributed by atoms with Gasteiger partial charge in [0.25, 0.3) is 0 Å². The highest BCUT2D eigenvalue weighted by molar-refractivity contribution is 7.18. The van der Waals surface area contributed by atoms with Crippen molar-refractivity contribution in [3.05, 3.63) is 51.7 Å². The molecule has 7 nitrogen and oxygen atoms in total. The minimum absolute atomic E-state index is 0.0394. The molecule has 2 rings (SSSR count). The third-order valence-electron chi connectivity index (χ3n) is 4.15. The first-order valence-electron chi connectivity index (χ1n) is 9.47. The second kappa shape index (κ2) is 10.8. The highest BCUT2D eigenvalue weighted by Crippen LogP contribution is 2.34. The SMILES string of the molecule is CCOC(=O)c1sc(NC(=O)CN(C)Cc2ccccc2F)c(C(=O)OCC)c1C. The van der Waals surface area contributed by atoms with E-state index in [0.717, 1.165) is 11.3 Å². The van der Waals surface area contributed by atoms with Crippen LogP contribution < -0.4 is 5.32 Å². The lowest BCUT2D eigenvalue weighted by atomic mass is 10.1. The zero-order chi connectivity index (χ0) is 22.3. The fraction of sp³-hybridized carbons (Fsp3) is 0.381. The van der Waals surface area contributed by atoms with Crippen molar-refractivity contribution in [1.82, 2.24) is 4.90 Å². The Bertz CT molecular complexity index is 928. The zero-order valence-electron chi connectivity index (χ0n) is 17.4. The van der Waals surface area contributed by atoms with Crippen molar-refractivity contribution in [2.75, 3.05) is 32.1 Å². The largest absolute Gasteiger partial charge is 0.462 e. The second-order valence-electron chi connectivity index (χ2n) is 6.51. The summed E-state index contributed by atoms with van der Waals surface area (Å²) < 4.78 is 23.9. The van der Waals surface area contributed by atoms with Crippen molar-refractivity contribution in [2.45, 2.75) is 27.3 Å². The van der Waals surface area contributed by atoms with Crippen LogP contribution >= 0.6 is 11.3 Å². The van der Waals surface area contributed by atoms with Crippen molar-refractivity contribution >= 4 is 34.2 Å². The van der Waals surface area contributed by atoms with Gasteiger partial charge in [-0.15, -0.1) is 11.3 Å². The van der Waals surface area contributed by atoms with E-state index in [1.807, 2.05) is 0 Å². The van der Waals surface area contributed by atoms with Crippen LogP contribution in [0.2, 0.25) is 0 Å². The molecule has 0 aliphatic heterocycles. The van der Waals surface area contributed by atoms with Gasteiger partial charge in [-0.2, -0.15) is 0 Å². The fourth-order valence-electron chi connectivity index (χ4n) is 2.83. The first-order valence-corrected chi connectivity index (χ1v) is 10.3. The number of amides is 1. The first kappa shape index (κ1) is 23.5. The van der Waals surface area contributed by atoms with Crippen LogP contribution in [0.5, 0.6) is 0 Å². The van der Waals surface area contributed by atoms with E-state index < -0.39 is 17.8 Å². The maximum atomic E-state index is 13.8. The van der Waals surface area contributed by atoms with Crippen LogP contribution in [0.25, 0.3) is 0 Å². The predicted octanol–water partition coefficient (Wildman–Crippen LogP) is 3.62. The van der Waals surface area contributed by atoms with E-state index in [9.17, 15) is 18.8 Å². The summed E-state index contributed by atoms with van der Waals surface area (Å²) in [5.74, 6) is -1.95. The lowest BCUT2D eigenvalue weighted by Crippen LogP contribution is -2.30. The van der Waals surface area contributed by atoms with E-state index in [2.05, 4.69) is 5.32 Å². The number of hydrogen-bond donors (Lipinski definition) is 1. The van der Waals surface area contributed by atoms with Gasteiger partial charge in [0.15, 0.2) is 0 Å². The molecule has 162 valence electrons. The number of likely N-dealkylation sites (N-methyl/N-ethyl adjacent to an activating group) is 1. The van der Waals surface area contributed by atoms with Crippen LogP contribution in [-0.2, 0) is 20.8 Å². The molecular formula is C21H25FN2O5S. The van der Waals surface area contributed by atoms with Gasteiger partial charge < -0.3 is 14.8 Å². The van der Waals surface area contributed by atoms with Gasteiger partial charge in [-0.05, 0) is 39.4 Å². The molecule has 1 aromatic carbocycles. The van der Waals surface area contributed by atoms with Crippen LogP contribution in [0.4, 0.5) is 9.39 Å². The number of hydrogen-bond acceptors (Lipinski definition) is 7. The number of thiophene rings is 1. The van der Waals surface area contributed by atoms with Crippen LogP contribution in [0, 0.1) is 12.7 Å². The first-order chi connectivity index (χ1) is 14.3. The molecule has 0 spiro atoms. The molecule has 0 saturated heterocycles. The summed E-state index contributed by atoms with van der Waals surface area (Å²) in [6.45, 7) is 5.50. The fourth-order valence-corrected chi connectivity index (χ4v) is 3.93. The maximum Gasteiger partial charge on any atom is 0.348 e. The van der Waals surface area contributed by atoms with Gasteiger partial charge in [0.2, 0.25) is 5.91 Å². The Morgan fingerprint density at radius 3 is 2.37 bits per heavy atom. The van der Waals surface area contributed by atoms with Gasteiger partial charge in [-0.25, -0.2) is 14.0 Å². The second-order valence-corrected chi connectivity index (χ2v) is 7.53. The van der Waals surface area contributed by atoms with Crippen LogP contribution in [-0.4, -0.2) is 49.6 Å². The van der Waals surface area contributed by atoms with Crippen LogP contribution in [0.15, 0.2) is 24.3 Å². The van der Waals surface area contributed by atoms with Gasteiger partial charge in [0.05, 0.1) is 25.3 Å². The van der Waals surface area contributed by atoms with Crippen LogP contribution in [0.1, 0.15) is 45.0 Å². The lowest BCUT2D eigenvalue weighted by Gasteiger charge is -2.16. The van der Waals surface area contributed by atoms with Crippen molar-refractivity contribution in [2.24, 2.45) is 0 Å². The monoisotopic (exact) mass is 436 g/mol. The van der Waals surface area contributed by atoms with Crippen molar-refractivity contribution < 1.29 is 28.2 Å². The number of nitrogens with one attached hydrogen (secondary N) is 1. The van der Waals surface area contributed by atoms with Crippen molar-refractivity contribution in [3.63, 3.8) is 0 Å². The number of rotatable bonds is 9. The normalized spacial score (nSPS) is 10.7. The Labute approximate surface area is 178 Å². The topological polar surface area (TPSA) is 84.9 Å².